The van der Waals surface area contributed by atoms with Crippen molar-refractivity contribution in [2.45, 2.75) is 24.9 Å². The van der Waals surface area contributed by atoms with Gasteiger partial charge in [-0.2, -0.15) is 0 Å². The Hall–Kier alpha value is -4.59. The summed E-state index contributed by atoms with van der Waals surface area (Å²) in [5, 5.41) is 0. The minimum Gasteiger partial charge on any atom is -0.497 e. The maximum atomic E-state index is 14.4. The molecule has 0 bridgehead atoms. The van der Waals surface area contributed by atoms with E-state index >= 15 is 0 Å². The third-order valence-corrected chi connectivity index (χ3v) is 7.36. The molecule has 0 N–H and O–H groups in total. The molecular formula is C31H28FN3O4. The van der Waals surface area contributed by atoms with Crippen LogP contribution in [0.3, 0.4) is 0 Å². The number of hydrogen-bond donors (Lipinski definition) is 0. The van der Waals surface area contributed by atoms with Gasteiger partial charge in [0.2, 0.25) is 5.91 Å². The zero-order chi connectivity index (χ0) is 27.1. The van der Waals surface area contributed by atoms with Crippen molar-refractivity contribution in [3.05, 3.63) is 108 Å². The molecular weight excluding hydrogens is 497 g/mol. The van der Waals surface area contributed by atoms with Crippen LogP contribution in [-0.2, 0) is 4.79 Å². The second-order valence-corrected chi connectivity index (χ2v) is 9.74. The fourth-order valence-corrected chi connectivity index (χ4v) is 5.34. The van der Waals surface area contributed by atoms with Gasteiger partial charge in [0, 0.05) is 23.4 Å². The average Bonchev–Trinajstić information content (AvgIpc) is 3.69. The van der Waals surface area contributed by atoms with Crippen molar-refractivity contribution < 1.29 is 23.5 Å². The number of rotatable bonds is 7. The number of anilines is 1. The number of fused-ring (bicyclic) bond motifs is 3. The summed E-state index contributed by atoms with van der Waals surface area (Å²) >= 11 is 0. The van der Waals surface area contributed by atoms with Crippen LogP contribution in [0.4, 0.5) is 10.1 Å². The number of amides is 2. The molecule has 198 valence electrons. The van der Waals surface area contributed by atoms with E-state index in [1.807, 2.05) is 60.8 Å². The van der Waals surface area contributed by atoms with Crippen LogP contribution in [0.25, 0.3) is 5.69 Å². The lowest BCUT2D eigenvalue weighted by Gasteiger charge is -2.40. The van der Waals surface area contributed by atoms with E-state index in [4.69, 9.17) is 9.47 Å². The monoisotopic (exact) mass is 525 g/mol. The summed E-state index contributed by atoms with van der Waals surface area (Å²) in [7, 11) is 3.20. The van der Waals surface area contributed by atoms with Crippen LogP contribution >= 0.6 is 0 Å². The van der Waals surface area contributed by atoms with Gasteiger partial charge in [0.1, 0.15) is 29.9 Å². The number of nitrogens with zero attached hydrogens (tertiary/aromatic N) is 3. The molecule has 1 saturated carbocycles. The quantitative estimate of drug-likeness (QED) is 0.325. The Bertz CT molecular complexity index is 1540. The average molecular weight is 526 g/mol. The summed E-state index contributed by atoms with van der Waals surface area (Å²) in [4.78, 5) is 31.2. The number of carbonyl (C=O) groups excluding carboxylic acids is 2. The summed E-state index contributed by atoms with van der Waals surface area (Å²) in [6, 6.07) is 22.1. The Kier molecular flexibility index (Phi) is 6.30. The summed E-state index contributed by atoms with van der Waals surface area (Å²) in [5.74, 6) is 0.333. The van der Waals surface area contributed by atoms with Gasteiger partial charge in [-0.1, -0.05) is 12.1 Å². The lowest BCUT2D eigenvalue weighted by molar-refractivity contribution is -0.119. The van der Waals surface area contributed by atoms with Gasteiger partial charge in [-0.25, -0.2) is 4.39 Å². The van der Waals surface area contributed by atoms with E-state index in [2.05, 4.69) is 4.57 Å². The van der Waals surface area contributed by atoms with Crippen LogP contribution in [0, 0.1) is 5.82 Å². The molecule has 1 aliphatic carbocycles. The van der Waals surface area contributed by atoms with E-state index in [1.54, 1.807) is 24.0 Å². The van der Waals surface area contributed by atoms with Gasteiger partial charge < -0.3 is 18.9 Å². The molecule has 8 heteroatoms. The van der Waals surface area contributed by atoms with Gasteiger partial charge in [-0.3, -0.25) is 14.5 Å². The molecule has 0 saturated heterocycles. The highest BCUT2D eigenvalue weighted by atomic mass is 19.1. The van der Waals surface area contributed by atoms with Crippen molar-refractivity contribution in [3.63, 3.8) is 0 Å². The fourth-order valence-electron chi connectivity index (χ4n) is 5.34. The molecule has 3 aromatic carbocycles. The maximum absolute atomic E-state index is 14.4. The number of halogens is 1. The number of ether oxygens (including phenoxy) is 2. The smallest absolute Gasteiger partial charge is 0.254 e. The first-order valence-corrected chi connectivity index (χ1v) is 12.9. The van der Waals surface area contributed by atoms with E-state index in [0.717, 1.165) is 35.5 Å². The van der Waals surface area contributed by atoms with E-state index < -0.39 is 11.9 Å². The molecule has 1 atom stereocenters. The highest BCUT2D eigenvalue weighted by Gasteiger charge is 2.41. The van der Waals surface area contributed by atoms with Gasteiger partial charge in [-0.05, 0) is 79.6 Å². The molecule has 0 radical (unpaired) electrons. The molecule has 2 aliphatic rings. The standard InChI is InChI=1S/C31H28FN3O4/c1-38-23-15-16-28(39-2)24(18-23)30-27-8-5-17-33(27)25-6-3-4-7-26(25)35(30)29(36)19-34(22-13-14-22)31(37)20-9-11-21(32)12-10-20/h3-12,15-18,22,30H,13-14,19H2,1-2H3. The van der Waals surface area contributed by atoms with Gasteiger partial charge in [0.25, 0.3) is 5.91 Å². The molecule has 6 rings (SSSR count). The molecule has 7 nitrogen and oxygen atoms in total. The van der Waals surface area contributed by atoms with Crippen molar-refractivity contribution in [2.24, 2.45) is 0 Å². The summed E-state index contributed by atoms with van der Waals surface area (Å²) in [6.45, 7) is -0.112. The highest BCUT2D eigenvalue weighted by Crippen LogP contribution is 2.45. The molecule has 4 aromatic rings. The fraction of sp³-hybridized carbons (Fsp3) is 0.226. The third-order valence-electron chi connectivity index (χ3n) is 7.36. The SMILES string of the molecule is COc1ccc(OC)c(C2c3cccn3-c3ccccc3N2C(=O)CN(C(=O)c2ccc(F)cc2)C2CC2)c1. The van der Waals surface area contributed by atoms with Gasteiger partial charge in [-0.15, -0.1) is 0 Å². The number of para-hydroxylation sites is 2. The van der Waals surface area contributed by atoms with Crippen LogP contribution in [0.5, 0.6) is 11.5 Å². The van der Waals surface area contributed by atoms with Crippen LogP contribution in [0.1, 0.15) is 40.5 Å². The predicted molar refractivity (Wildman–Crippen MR) is 145 cm³/mol. The summed E-state index contributed by atoms with van der Waals surface area (Å²) in [6.07, 6.45) is 3.63. The van der Waals surface area contributed by atoms with E-state index in [9.17, 15) is 14.0 Å². The van der Waals surface area contributed by atoms with Crippen molar-refractivity contribution >= 4 is 17.5 Å². The molecule has 1 aromatic heterocycles. The topological polar surface area (TPSA) is 64.0 Å². The second kappa shape index (κ2) is 9.94. The second-order valence-electron chi connectivity index (χ2n) is 9.74. The number of carbonyl (C=O) groups is 2. The number of methoxy groups -OCH3 is 2. The van der Waals surface area contributed by atoms with Crippen LogP contribution in [-0.4, -0.2) is 48.1 Å². The molecule has 1 aliphatic heterocycles. The van der Waals surface area contributed by atoms with Crippen molar-refractivity contribution in [1.82, 2.24) is 9.47 Å². The first-order valence-electron chi connectivity index (χ1n) is 12.9. The van der Waals surface area contributed by atoms with Crippen LogP contribution < -0.4 is 14.4 Å². The Labute approximate surface area is 226 Å². The highest BCUT2D eigenvalue weighted by molar-refractivity contribution is 6.03. The van der Waals surface area contributed by atoms with E-state index in [1.165, 1.54) is 24.3 Å². The zero-order valence-electron chi connectivity index (χ0n) is 21.7. The molecule has 0 spiro atoms. The maximum Gasteiger partial charge on any atom is 0.254 e. The summed E-state index contributed by atoms with van der Waals surface area (Å²) in [5.41, 5.74) is 3.60. The van der Waals surface area contributed by atoms with Gasteiger partial charge >= 0.3 is 0 Å². The predicted octanol–water partition coefficient (Wildman–Crippen LogP) is 5.37. The van der Waals surface area contributed by atoms with Crippen LogP contribution in [0.15, 0.2) is 85.1 Å². The minimum atomic E-state index is -0.533. The van der Waals surface area contributed by atoms with E-state index in [-0.39, 0.29) is 24.4 Å². The van der Waals surface area contributed by atoms with Crippen molar-refractivity contribution in [3.8, 4) is 17.2 Å². The first-order chi connectivity index (χ1) is 19.0. The van der Waals surface area contributed by atoms with Crippen molar-refractivity contribution in [1.29, 1.82) is 0 Å². The number of benzene rings is 3. The van der Waals surface area contributed by atoms with Crippen LogP contribution in [0.2, 0.25) is 0 Å². The largest absolute Gasteiger partial charge is 0.497 e. The van der Waals surface area contributed by atoms with Gasteiger partial charge in [0.05, 0.1) is 31.3 Å². The van der Waals surface area contributed by atoms with E-state index in [0.29, 0.717) is 17.1 Å². The normalized spacial score (nSPS) is 15.8. The Balaban J connectivity index is 1.45. The molecule has 39 heavy (non-hydrogen) atoms. The molecule has 1 fully saturated rings. The zero-order valence-corrected chi connectivity index (χ0v) is 21.7. The molecule has 2 heterocycles. The van der Waals surface area contributed by atoms with Crippen molar-refractivity contribution in [2.75, 3.05) is 25.7 Å². The Morgan fingerprint density at radius 1 is 0.923 bits per heavy atom. The minimum absolute atomic E-state index is 0.0276. The third kappa shape index (κ3) is 4.41. The Morgan fingerprint density at radius 2 is 1.67 bits per heavy atom. The molecule has 1 unspecified atom stereocenters. The Morgan fingerprint density at radius 3 is 2.36 bits per heavy atom. The first kappa shape index (κ1) is 24.7. The summed E-state index contributed by atoms with van der Waals surface area (Å²) < 4.78 is 26.9. The lowest BCUT2D eigenvalue weighted by Crippen LogP contribution is -2.47. The number of aromatic nitrogens is 1. The lowest BCUT2D eigenvalue weighted by atomic mass is 9.96. The number of hydrogen-bond acceptors (Lipinski definition) is 4. The molecule has 2 amide bonds. The van der Waals surface area contributed by atoms with Gasteiger partial charge in [0.15, 0.2) is 0 Å².